The molecular formula is C8H23N2O+. The highest BCUT2D eigenvalue weighted by atomic mass is 16.5. The Morgan fingerprint density at radius 1 is 1.18 bits per heavy atom. The number of ether oxygens (including phenoxy) is 1. The van der Waals surface area contributed by atoms with E-state index in [1.807, 2.05) is 0 Å². The molecule has 0 aliphatic carbocycles. The first kappa shape index (κ1) is 13.5. The molecule has 0 heterocycles. The maximum atomic E-state index is 5.03. The zero-order valence-electron chi connectivity index (χ0n) is 8.39. The molecule has 70 valence electrons. The number of hydrogen-bond acceptors (Lipinski definition) is 2. The van der Waals surface area contributed by atoms with Gasteiger partial charge >= 0.3 is 0 Å². The summed E-state index contributed by atoms with van der Waals surface area (Å²) in [6.07, 6.45) is 0. The molecule has 3 heteroatoms. The molecule has 0 radical (unpaired) electrons. The fraction of sp³-hybridized carbons (Fsp3) is 1.00. The van der Waals surface area contributed by atoms with Crippen LogP contribution in [-0.4, -0.2) is 44.9 Å². The van der Waals surface area contributed by atoms with Gasteiger partial charge in [-0.15, -0.1) is 0 Å². The van der Waals surface area contributed by atoms with E-state index in [0.29, 0.717) is 0 Å². The van der Waals surface area contributed by atoms with Crippen LogP contribution in [0.4, 0.5) is 0 Å². The molecule has 0 aromatic heterocycles. The first-order valence-electron chi connectivity index (χ1n) is 4.01. The minimum Gasteiger partial charge on any atom is -0.379 e. The smallest absolute Gasteiger partial charge is 0.102 e. The van der Waals surface area contributed by atoms with Crippen LogP contribution in [0.25, 0.3) is 0 Å². The third-order valence-corrected chi connectivity index (χ3v) is 2.36. The highest BCUT2D eigenvalue weighted by molar-refractivity contribution is 4.32. The van der Waals surface area contributed by atoms with E-state index in [1.165, 1.54) is 13.1 Å². The number of nitrogens with zero attached hydrogens (tertiary/aromatic N) is 1. The molecule has 0 saturated heterocycles. The zero-order chi connectivity index (χ0) is 8.04. The quantitative estimate of drug-likeness (QED) is 0.620. The van der Waals surface area contributed by atoms with E-state index in [9.17, 15) is 0 Å². The standard InChI is InChI=1S/C8H20NO.H3N/c1-5-9(3,6-2)7-8-10-4;/h5-8H2,1-4H3;1H3/q+1;. The molecular weight excluding hydrogens is 140 g/mol. The predicted molar refractivity (Wildman–Crippen MR) is 49.0 cm³/mol. The normalized spacial score (nSPS) is 10.9. The number of likely N-dealkylation sites (N-methyl/N-ethyl adjacent to an activating group) is 1. The van der Waals surface area contributed by atoms with E-state index < -0.39 is 0 Å². The van der Waals surface area contributed by atoms with E-state index >= 15 is 0 Å². The summed E-state index contributed by atoms with van der Waals surface area (Å²) in [5, 5.41) is 0. The van der Waals surface area contributed by atoms with E-state index in [1.54, 1.807) is 7.11 Å². The van der Waals surface area contributed by atoms with Gasteiger partial charge in [0, 0.05) is 7.11 Å². The Bertz CT molecular complexity index is 82.2. The van der Waals surface area contributed by atoms with Crippen molar-refractivity contribution in [3.05, 3.63) is 0 Å². The zero-order valence-corrected chi connectivity index (χ0v) is 8.39. The Hall–Kier alpha value is -0.120. The molecule has 0 aromatic carbocycles. The van der Waals surface area contributed by atoms with E-state index in [-0.39, 0.29) is 6.15 Å². The lowest BCUT2D eigenvalue weighted by Crippen LogP contribution is -2.45. The van der Waals surface area contributed by atoms with Crippen LogP contribution in [0.15, 0.2) is 0 Å². The average molecular weight is 163 g/mol. The van der Waals surface area contributed by atoms with Crippen molar-refractivity contribution in [2.24, 2.45) is 0 Å². The van der Waals surface area contributed by atoms with Crippen molar-refractivity contribution in [2.45, 2.75) is 13.8 Å². The summed E-state index contributed by atoms with van der Waals surface area (Å²) in [5.74, 6) is 0. The molecule has 0 atom stereocenters. The molecule has 0 aromatic rings. The molecule has 0 amide bonds. The Balaban J connectivity index is 0. The van der Waals surface area contributed by atoms with Gasteiger partial charge in [0.15, 0.2) is 0 Å². The van der Waals surface area contributed by atoms with Crippen LogP contribution in [0.5, 0.6) is 0 Å². The molecule has 0 aliphatic heterocycles. The molecule has 3 nitrogen and oxygen atoms in total. The molecule has 0 bridgehead atoms. The molecule has 0 aliphatic rings. The second-order valence-electron chi connectivity index (χ2n) is 2.97. The van der Waals surface area contributed by atoms with Crippen LogP contribution in [0, 0.1) is 0 Å². The molecule has 0 spiro atoms. The van der Waals surface area contributed by atoms with Gasteiger partial charge in [0.1, 0.15) is 6.54 Å². The molecule has 11 heavy (non-hydrogen) atoms. The lowest BCUT2D eigenvalue weighted by molar-refractivity contribution is -0.906. The fourth-order valence-electron chi connectivity index (χ4n) is 0.852. The van der Waals surface area contributed by atoms with Crippen molar-refractivity contribution in [1.29, 1.82) is 0 Å². The van der Waals surface area contributed by atoms with Crippen molar-refractivity contribution < 1.29 is 9.22 Å². The van der Waals surface area contributed by atoms with Gasteiger partial charge in [-0.2, -0.15) is 0 Å². The van der Waals surface area contributed by atoms with Crippen molar-refractivity contribution in [3.8, 4) is 0 Å². The Kier molecular flexibility index (Phi) is 8.06. The maximum absolute atomic E-state index is 5.03. The first-order valence-corrected chi connectivity index (χ1v) is 4.01. The van der Waals surface area contributed by atoms with Gasteiger partial charge in [0.2, 0.25) is 0 Å². The minimum absolute atomic E-state index is 0. The van der Waals surface area contributed by atoms with Gasteiger partial charge in [0.25, 0.3) is 0 Å². The van der Waals surface area contributed by atoms with Crippen LogP contribution >= 0.6 is 0 Å². The second-order valence-corrected chi connectivity index (χ2v) is 2.97. The monoisotopic (exact) mass is 163 g/mol. The van der Waals surface area contributed by atoms with Gasteiger partial charge in [0.05, 0.1) is 26.7 Å². The van der Waals surface area contributed by atoms with Crippen LogP contribution in [0.3, 0.4) is 0 Å². The summed E-state index contributed by atoms with van der Waals surface area (Å²) in [6, 6.07) is 0. The average Bonchev–Trinajstić information content (AvgIpc) is 2.00. The summed E-state index contributed by atoms with van der Waals surface area (Å²) >= 11 is 0. The topological polar surface area (TPSA) is 44.2 Å². The molecule has 0 rings (SSSR count). The maximum Gasteiger partial charge on any atom is 0.102 e. The summed E-state index contributed by atoms with van der Waals surface area (Å²) in [6.45, 7) is 8.83. The van der Waals surface area contributed by atoms with Crippen molar-refractivity contribution >= 4 is 0 Å². The highest BCUT2D eigenvalue weighted by Crippen LogP contribution is 1.99. The number of hydrogen-bond donors (Lipinski definition) is 1. The van der Waals surface area contributed by atoms with E-state index in [2.05, 4.69) is 20.9 Å². The van der Waals surface area contributed by atoms with Crippen molar-refractivity contribution in [3.63, 3.8) is 0 Å². The number of quaternary nitrogens is 1. The minimum atomic E-state index is 0. The van der Waals surface area contributed by atoms with Gasteiger partial charge < -0.3 is 15.4 Å². The summed E-state index contributed by atoms with van der Waals surface area (Å²) in [5.41, 5.74) is 0. The third-order valence-electron chi connectivity index (χ3n) is 2.36. The lowest BCUT2D eigenvalue weighted by Gasteiger charge is -2.31. The summed E-state index contributed by atoms with van der Waals surface area (Å²) in [7, 11) is 4.02. The predicted octanol–water partition coefficient (Wildman–Crippen LogP) is 1.28. The molecule has 0 fully saturated rings. The molecule has 0 saturated carbocycles. The summed E-state index contributed by atoms with van der Waals surface area (Å²) in [4.78, 5) is 0. The lowest BCUT2D eigenvalue weighted by atomic mass is 10.4. The fourth-order valence-corrected chi connectivity index (χ4v) is 0.852. The van der Waals surface area contributed by atoms with E-state index in [4.69, 9.17) is 4.74 Å². The number of rotatable bonds is 5. The van der Waals surface area contributed by atoms with Gasteiger partial charge in [-0.25, -0.2) is 0 Å². The molecule has 3 N–H and O–H groups in total. The van der Waals surface area contributed by atoms with E-state index in [0.717, 1.165) is 17.6 Å². The Morgan fingerprint density at radius 3 is 1.91 bits per heavy atom. The van der Waals surface area contributed by atoms with Crippen LogP contribution in [0.1, 0.15) is 13.8 Å². The van der Waals surface area contributed by atoms with Crippen molar-refractivity contribution in [1.82, 2.24) is 6.15 Å². The van der Waals surface area contributed by atoms with Gasteiger partial charge in [-0.3, -0.25) is 0 Å². The number of methoxy groups -OCH3 is 1. The largest absolute Gasteiger partial charge is 0.379 e. The highest BCUT2D eigenvalue weighted by Gasteiger charge is 2.14. The van der Waals surface area contributed by atoms with Crippen molar-refractivity contribution in [2.75, 3.05) is 40.4 Å². The summed E-state index contributed by atoms with van der Waals surface area (Å²) < 4.78 is 6.14. The first-order chi connectivity index (χ1) is 4.68. The van der Waals surface area contributed by atoms with Crippen LogP contribution < -0.4 is 6.15 Å². The van der Waals surface area contributed by atoms with Crippen LogP contribution in [0.2, 0.25) is 0 Å². The Labute approximate surface area is 70.5 Å². The Morgan fingerprint density at radius 2 is 1.64 bits per heavy atom. The second kappa shape index (κ2) is 6.58. The van der Waals surface area contributed by atoms with Crippen LogP contribution in [-0.2, 0) is 4.74 Å². The van der Waals surface area contributed by atoms with Gasteiger partial charge in [-0.05, 0) is 13.8 Å². The molecule has 0 unspecified atom stereocenters. The SMILES string of the molecule is CC[N+](C)(CC)CCOC.N. The third kappa shape index (κ3) is 5.18. The van der Waals surface area contributed by atoms with Gasteiger partial charge in [-0.1, -0.05) is 0 Å².